The molecule has 2 atom stereocenters. The number of carbonyl (C=O) groups is 1. The van der Waals surface area contributed by atoms with Gasteiger partial charge < -0.3 is 10.6 Å². The van der Waals surface area contributed by atoms with Crippen LogP contribution in [0.15, 0.2) is 18.2 Å². The van der Waals surface area contributed by atoms with Crippen LogP contribution in [0.3, 0.4) is 0 Å². The highest BCUT2D eigenvalue weighted by atomic mass is 16.1. The summed E-state index contributed by atoms with van der Waals surface area (Å²) in [5.41, 5.74) is 3.40. The van der Waals surface area contributed by atoms with Crippen molar-refractivity contribution in [3.8, 4) is 0 Å². The summed E-state index contributed by atoms with van der Waals surface area (Å²) in [4.78, 5) is 12.3. The van der Waals surface area contributed by atoms with Gasteiger partial charge in [-0.25, -0.2) is 0 Å². The summed E-state index contributed by atoms with van der Waals surface area (Å²) in [5, 5.41) is 6.51. The molecule has 3 heteroatoms. The molecule has 0 aromatic heterocycles. The first-order valence-corrected chi connectivity index (χ1v) is 7.36. The van der Waals surface area contributed by atoms with Gasteiger partial charge in [-0.2, -0.15) is 0 Å². The zero-order chi connectivity index (χ0) is 13.2. The van der Waals surface area contributed by atoms with Crippen molar-refractivity contribution in [2.24, 2.45) is 5.92 Å². The van der Waals surface area contributed by atoms with Crippen molar-refractivity contribution in [2.45, 2.75) is 51.7 Å². The highest BCUT2D eigenvalue weighted by Gasteiger charge is 2.21. The average Bonchev–Trinajstić information content (AvgIpc) is 2.85. The summed E-state index contributed by atoms with van der Waals surface area (Å²) in [7, 11) is 0. The fourth-order valence-corrected chi connectivity index (χ4v) is 3.27. The van der Waals surface area contributed by atoms with Crippen molar-refractivity contribution in [2.75, 3.05) is 0 Å². The molecule has 1 fully saturated rings. The van der Waals surface area contributed by atoms with E-state index >= 15 is 0 Å². The molecular weight excluding hydrogens is 236 g/mol. The fraction of sp³-hybridized carbons (Fsp3) is 0.562. The number of amides is 1. The van der Waals surface area contributed by atoms with Crippen molar-refractivity contribution in [3.63, 3.8) is 0 Å². The van der Waals surface area contributed by atoms with Crippen LogP contribution < -0.4 is 10.6 Å². The van der Waals surface area contributed by atoms with Gasteiger partial charge in [-0.3, -0.25) is 4.79 Å². The molecule has 2 aliphatic rings. The lowest BCUT2D eigenvalue weighted by molar-refractivity contribution is 0.0921. The average molecular weight is 258 g/mol. The largest absolute Gasteiger partial charge is 0.349 e. The van der Waals surface area contributed by atoms with Crippen LogP contribution >= 0.6 is 0 Å². The SMILES string of the molecule is CC1CCCC(NC(=O)c2ccc3c(c2)CNC3)C1. The minimum atomic E-state index is 0.0915. The van der Waals surface area contributed by atoms with Gasteiger partial charge in [-0.15, -0.1) is 0 Å². The van der Waals surface area contributed by atoms with E-state index in [0.29, 0.717) is 6.04 Å². The molecule has 0 radical (unpaired) electrons. The topological polar surface area (TPSA) is 41.1 Å². The van der Waals surface area contributed by atoms with E-state index in [1.165, 1.54) is 24.0 Å². The molecule has 1 amide bonds. The first-order chi connectivity index (χ1) is 9.22. The molecule has 1 heterocycles. The Kier molecular flexibility index (Phi) is 3.56. The highest BCUT2D eigenvalue weighted by molar-refractivity contribution is 5.94. The van der Waals surface area contributed by atoms with Gasteiger partial charge in [0.1, 0.15) is 0 Å². The third-order valence-electron chi connectivity index (χ3n) is 4.37. The second-order valence-electron chi connectivity index (χ2n) is 6.03. The van der Waals surface area contributed by atoms with Crippen LogP contribution in [0.2, 0.25) is 0 Å². The van der Waals surface area contributed by atoms with Crippen molar-refractivity contribution >= 4 is 5.91 Å². The molecule has 2 unspecified atom stereocenters. The number of nitrogens with one attached hydrogen (secondary N) is 2. The molecule has 2 N–H and O–H groups in total. The third kappa shape index (κ3) is 2.81. The summed E-state index contributed by atoms with van der Waals surface area (Å²) >= 11 is 0. The zero-order valence-electron chi connectivity index (χ0n) is 11.5. The summed E-state index contributed by atoms with van der Waals surface area (Å²) in [6.45, 7) is 4.09. The number of benzene rings is 1. The molecular formula is C16H22N2O. The monoisotopic (exact) mass is 258 g/mol. The van der Waals surface area contributed by atoms with Crippen molar-refractivity contribution in [3.05, 3.63) is 34.9 Å². The van der Waals surface area contributed by atoms with Gasteiger partial charge >= 0.3 is 0 Å². The van der Waals surface area contributed by atoms with E-state index in [1.807, 2.05) is 12.1 Å². The number of hydrogen-bond donors (Lipinski definition) is 2. The molecule has 1 saturated carbocycles. The smallest absolute Gasteiger partial charge is 0.251 e. The minimum Gasteiger partial charge on any atom is -0.349 e. The molecule has 0 saturated heterocycles. The normalized spacial score (nSPS) is 25.9. The van der Waals surface area contributed by atoms with Crippen LogP contribution in [-0.2, 0) is 13.1 Å². The predicted octanol–water partition coefficient (Wildman–Crippen LogP) is 2.60. The Balaban J connectivity index is 1.67. The Hall–Kier alpha value is -1.35. The molecule has 19 heavy (non-hydrogen) atoms. The number of hydrogen-bond acceptors (Lipinski definition) is 2. The summed E-state index contributed by atoms with van der Waals surface area (Å²) in [5.74, 6) is 0.831. The van der Waals surface area contributed by atoms with Gasteiger partial charge in [0.05, 0.1) is 0 Å². The Bertz CT molecular complexity index is 484. The highest BCUT2D eigenvalue weighted by Crippen LogP contribution is 2.24. The molecule has 3 nitrogen and oxygen atoms in total. The van der Waals surface area contributed by atoms with Gasteiger partial charge in [0.25, 0.3) is 5.91 Å². The van der Waals surface area contributed by atoms with E-state index < -0.39 is 0 Å². The van der Waals surface area contributed by atoms with E-state index in [0.717, 1.165) is 37.4 Å². The molecule has 1 aliphatic carbocycles. The van der Waals surface area contributed by atoms with Crippen LogP contribution in [-0.4, -0.2) is 11.9 Å². The van der Waals surface area contributed by atoms with Crippen LogP contribution in [0.1, 0.15) is 54.1 Å². The zero-order valence-corrected chi connectivity index (χ0v) is 11.5. The Morgan fingerprint density at radius 3 is 2.95 bits per heavy atom. The van der Waals surface area contributed by atoms with E-state index in [-0.39, 0.29) is 5.91 Å². The van der Waals surface area contributed by atoms with Crippen LogP contribution in [0.25, 0.3) is 0 Å². The van der Waals surface area contributed by atoms with Gasteiger partial charge in [0, 0.05) is 24.7 Å². The first-order valence-electron chi connectivity index (χ1n) is 7.36. The molecule has 1 aromatic carbocycles. The molecule has 1 aliphatic heterocycles. The second kappa shape index (κ2) is 5.33. The Labute approximate surface area is 114 Å². The minimum absolute atomic E-state index is 0.0915. The van der Waals surface area contributed by atoms with E-state index in [4.69, 9.17) is 0 Å². The van der Waals surface area contributed by atoms with Gasteiger partial charge in [0.2, 0.25) is 0 Å². The van der Waals surface area contributed by atoms with Gasteiger partial charge in [-0.05, 0) is 42.0 Å². The third-order valence-corrected chi connectivity index (χ3v) is 4.37. The summed E-state index contributed by atoms with van der Waals surface area (Å²) < 4.78 is 0. The van der Waals surface area contributed by atoms with Crippen molar-refractivity contribution < 1.29 is 4.79 Å². The molecule has 3 rings (SSSR count). The van der Waals surface area contributed by atoms with Crippen molar-refractivity contribution in [1.82, 2.24) is 10.6 Å². The van der Waals surface area contributed by atoms with Gasteiger partial charge in [-0.1, -0.05) is 25.8 Å². The lowest BCUT2D eigenvalue weighted by Crippen LogP contribution is -2.38. The number of rotatable bonds is 2. The first kappa shape index (κ1) is 12.7. The summed E-state index contributed by atoms with van der Waals surface area (Å²) in [6.07, 6.45) is 4.79. The quantitative estimate of drug-likeness (QED) is 0.856. The molecule has 0 spiro atoms. The summed E-state index contributed by atoms with van der Waals surface area (Å²) in [6, 6.07) is 6.43. The number of carbonyl (C=O) groups excluding carboxylic acids is 1. The predicted molar refractivity (Wildman–Crippen MR) is 75.9 cm³/mol. The van der Waals surface area contributed by atoms with E-state index in [1.54, 1.807) is 0 Å². The molecule has 0 bridgehead atoms. The fourth-order valence-electron chi connectivity index (χ4n) is 3.27. The van der Waals surface area contributed by atoms with Crippen molar-refractivity contribution in [1.29, 1.82) is 0 Å². The molecule has 102 valence electrons. The van der Waals surface area contributed by atoms with E-state index in [2.05, 4.69) is 23.6 Å². The maximum Gasteiger partial charge on any atom is 0.251 e. The Morgan fingerprint density at radius 1 is 1.26 bits per heavy atom. The number of fused-ring (bicyclic) bond motifs is 1. The standard InChI is InChI=1S/C16H22N2O/c1-11-3-2-4-15(7-11)18-16(19)12-5-6-13-9-17-10-14(13)8-12/h5-6,8,11,15,17H,2-4,7,9-10H2,1H3,(H,18,19). The van der Waals surface area contributed by atoms with Crippen LogP contribution in [0, 0.1) is 5.92 Å². The molecule has 1 aromatic rings. The maximum atomic E-state index is 12.3. The van der Waals surface area contributed by atoms with E-state index in [9.17, 15) is 4.79 Å². The second-order valence-corrected chi connectivity index (χ2v) is 6.03. The lowest BCUT2D eigenvalue weighted by atomic mass is 9.87. The van der Waals surface area contributed by atoms with Gasteiger partial charge in [0.15, 0.2) is 0 Å². The van der Waals surface area contributed by atoms with Crippen LogP contribution in [0.5, 0.6) is 0 Å². The lowest BCUT2D eigenvalue weighted by Gasteiger charge is -2.27. The maximum absolute atomic E-state index is 12.3. The Morgan fingerprint density at radius 2 is 2.11 bits per heavy atom. The van der Waals surface area contributed by atoms with Crippen LogP contribution in [0.4, 0.5) is 0 Å².